The lowest BCUT2D eigenvalue weighted by Gasteiger charge is -2.09. The highest BCUT2D eigenvalue weighted by Gasteiger charge is 2.07. The summed E-state index contributed by atoms with van der Waals surface area (Å²) in [6.45, 7) is 3.92. The van der Waals surface area contributed by atoms with Gasteiger partial charge in [-0.3, -0.25) is 4.79 Å². The maximum atomic E-state index is 12.1. The van der Waals surface area contributed by atoms with Gasteiger partial charge in [-0.25, -0.2) is 0 Å². The van der Waals surface area contributed by atoms with Gasteiger partial charge in [0.15, 0.2) is 0 Å². The van der Waals surface area contributed by atoms with Crippen molar-refractivity contribution in [1.29, 1.82) is 0 Å². The number of aromatic hydroxyl groups is 1. The number of hydrogen-bond donors (Lipinski definition) is 2. The lowest BCUT2D eigenvalue weighted by Crippen LogP contribution is -2.12. The molecule has 3 heteroatoms. The quantitative estimate of drug-likeness (QED) is 0.824. The van der Waals surface area contributed by atoms with Crippen molar-refractivity contribution in [1.82, 2.24) is 0 Å². The van der Waals surface area contributed by atoms with Crippen molar-refractivity contribution in [3.05, 3.63) is 59.2 Å². The van der Waals surface area contributed by atoms with E-state index >= 15 is 0 Å². The molecule has 2 rings (SSSR count). The van der Waals surface area contributed by atoms with Gasteiger partial charge in [0.1, 0.15) is 5.75 Å². The van der Waals surface area contributed by atoms with Gasteiger partial charge in [0, 0.05) is 11.3 Å². The Kier molecular flexibility index (Phi) is 3.85. The van der Waals surface area contributed by atoms with Crippen LogP contribution in [0.25, 0.3) is 0 Å². The Morgan fingerprint density at radius 2 is 1.84 bits per heavy atom. The van der Waals surface area contributed by atoms with Crippen LogP contribution in [0.2, 0.25) is 0 Å². The third-order valence-electron chi connectivity index (χ3n) is 3.08. The number of carbonyl (C=O) groups is 1. The van der Waals surface area contributed by atoms with Gasteiger partial charge >= 0.3 is 0 Å². The molecule has 98 valence electrons. The van der Waals surface area contributed by atoms with Crippen LogP contribution in [-0.4, -0.2) is 11.0 Å². The van der Waals surface area contributed by atoms with Gasteiger partial charge in [0.05, 0.1) is 0 Å². The second kappa shape index (κ2) is 5.57. The molecule has 0 aliphatic rings. The van der Waals surface area contributed by atoms with Crippen molar-refractivity contribution in [2.75, 3.05) is 5.32 Å². The minimum atomic E-state index is -0.142. The zero-order valence-electron chi connectivity index (χ0n) is 11.1. The Balaban J connectivity index is 2.15. The highest BCUT2D eigenvalue weighted by atomic mass is 16.3. The third-order valence-corrected chi connectivity index (χ3v) is 3.08. The van der Waals surface area contributed by atoms with Gasteiger partial charge in [-0.15, -0.1) is 0 Å². The van der Waals surface area contributed by atoms with E-state index in [9.17, 15) is 9.90 Å². The van der Waals surface area contributed by atoms with Crippen molar-refractivity contribution in [3.8, 4) is 5.75 Å². The van der Waals surface area contributed by atoms with E-state index in [2.05, 4.69) is 12.2 Å². The standard InChI is InChI=1S/C16H17NO2/c1-3-12-4-6-13(7-5-12)16(19)17-15-9-8-14(18)10-11(15)2/h4-10,18H,3H2,1-2H3,(H,17,19). The van der Waals surface area contributed by atoms with E-state index in [1.807, 2.05) is 31.2 Å². The molecule has 0 radical (unpaired) electrons. The number of hydrogen-bond acceptors (Lipinski definition) is 2. The zero-order chi connectivity index (χ0) is 13.8. The van der Waals surface area contributed by atoms with Gasteiger partial charge in [-0.2, -0.15) is 0 Å². The summed E-state index contributed by atoms with van der Waals surface area (Å²) in [6, 6.07) is 12.4. The molecule has 2 aromatic carbocycles. The van der Waals surface area contributed by atoms with Gasteiger partial charge in [0.2, 0.25) is 0 Å². The van der Waals surface area contributed by atoms with Crippen LogP contribution in [0.1, 0.15) is 28.4 Å². The summed E-state index contributed by atoms with van der Waals surface area (Å²) in [7, 11) is 0. The fourth-order valence-corrected chi connectivity index (χ4v) is 1.87. The highest BCUT2D eigenvalue weighted by Crippen LogP contribution is 2.20. The topological polar surface area (TPSA) is 49.3 Å². The average molecular weight is 255 g/mol. The molecule has 0 bridgehead atoms. The molecule has 0 fully saturated rings. The average Bonchev–Trinajstić information content (AvgIpc) is 2.42. The second-order valence-corrected chi connectivity index (χ2v) is 4.50. The summed E-state index contributed by atoms with van der Waals surface area (Å²) in [5.74, 6) is 0.0549. The van der Waals surface area contributed by atoms with Crippen LogP contribution in [-0.2, 0) is 6.42 Å². The first-order valence-corrected chi connectivity index (χ1v) is 6.30. The number of rotatable bonds is 3. The van der Waals surface area contributed by atoms with Crippen LogP contribution in [0.3, 0.4) is 0 Å². The van der Waals surface area contributed by atoms with Crippen LogP contribution in [0, 0.1) is 6.92 Å². The lowest BCUT2D eigenvalue weighted by molar-refractivity contribution is 0.102. The molecule has 0 aliphatic carbocycles. The number of aryl methyl sites for hydroxylation is 2. The summed E-state index contributed by atoms with van der Waals surface area (Å²) >= 11 is 0. The number of amides is 1. The zero-order valence-corrected chi connectivity index (χ0v) is 11.1. The maximum Gasteiger partial charge on any atom is 0.255 e. The smallest absolute Gasteiger partial charge is 0.255 e. The van der Waals surface area contributed by atoms with Gasteiger partial charge in [0.25, 0.3) is 5.91 Å². The molecule has 0 saturated heterocycles. The van der Waals surface area contributed by atoms with E-state index in [-0.39, 0.29) is 11.7 Å². The van der Waals surface area contributed by atoms with E-state index in [0.29, 0.717) is 11.3 Å². The predicted molar refractivity (Wildman–Crippen MR) is 76.6 cm³/mol. The van der Waals surface area contributed by atoms with E-state index in [0.717, 1.165) is 12.0 Å². The first kappa shape index (κ1) is 13.1. The summed E-state index contributed by atoms with van der Waals surface area (Å²) in [4.78, 5) is 12.1. The highest BCUT2D eigenvalue weighted by molar-refractivity contribution is 6.04. The van der Waals surface area contributed by atoms with Crippen LogP contribution in [0.4, 0.5) is 5.69 Å². The van der Waals surface area contributed by atoms with E-state index < -0.39 is 0 Å². The molecule has 0 atom stereocenters. The molecule has 0 unspecified atom stereocenters. The van der Waals surface area contributed by atoms with Gasteiger partial charge < -0.3 is 10.4 Å². The summed E-state index contributed by atoms with van der Waals surface area (Å²) in [5.41, 5.74) is 3.38. The Labute approximate surface area is 112 Å². The molecule has 0 aliphatic heterocycles. The number of nitrogens with one attached hydrogen (secondary N) is 1. The second-order valence-electron chi connectivity index (χ2n) is 4.50. The van der Waals surface area contributed by atoms with Crippen molar-refractivity contribution in [3.63, 3.8) is 0 Å². The van der Waals surface area contributed by atoms with Crippen molar-refractivity contribution in [2.24, 2.45) is 0 Å². The van der Waals surface area contributed by atoms with Gasteiger partial charge in [-0.1, -0.05) is 19.1 Å². The molecule has 19 heavy (non-hydrogen) atoms. The number of phenolic OH excluding ortho intramolecular Hbond substituents is 1. The fraction of sp³-hybridized carbons (Fsp3) is 0.188. The number of anilines is 1. The minimum absolute atomic E-state index is 0.142. The minimum Gasteiger partial charge on any atom is -0.508 e. The molecular weight excluding hydrogens is 238 g/mol. The van der Waals surface area contributed by atoms with Crippen LogP contribution >= 0.6 is 0 Å². The molecule has 0 heterocycles. The fourth-order valence-electron chi connectivity index (χ4n) is 1.87. The third kappa shape index (κ3) is 3.13. The number of phenols is 1. The Bertz CT molecular complexity index is 588. The molecule has 1 amide bonds. The first-order chi connectivity index (χ1) is 9.10. The molecule has 0 spiro atoms. The van der Waals surface area contributed by atoms with Crippen LogP contribution < -0.4 is 5.32 Å². The molecular formula is C16H17NO2. The largest absolute Gasteiger partial charge is 0.508 e. The maximum absolute atomic E-state index is 12.1. The van der Waals surface area contributed by atoms with Crippen molar-refractivity contribution >= 4 is 11.6 Å². The lowest BCUT2D eigenvalue weighted by atomic mass is 10.1. The van der Waals surface area contributed by atoms with Crippen molar-refractivity contribution in [2.45, 2.75) is 20.3 Å². The predicted octanol–water partition coefficient (Wildman–Crippen LogP) is 3.52. The molecule has 2 aromatic rings. The number of benzene rings is 2. The summed E-state index contributed by atoms with van der Waals surface area (Å²) in [5, 5.41) is 12.2. The Morgan fingerprint density at radius 3 is 2.42 bits per heavy atom. The SMILES string of the molecule is CCc1ccc(C(=O)Nc2ccc(O)cc2C)cc1. The Morgan fingerprint density at radius 1 is 1.16 bits per heavy atom. The van der Waals surface area contributed by atoms with Crippen molar-refractivity contribution < 1.29 is 9.90 Å². The Hall–Kier alpha value is -2.29. The number of carbonyl (C=O) groups excluding carboxylic acids is 1. The van der Waals surface area contributed by atoms with Gasteiger partial charge in [-0.05, 0) is 54.8 Å². The molecule has 0 aromatic heterocycles. The summed E-state index contributed by atoms with van der Waals surface area (Å²) < 4.78 is 0. The van der Waals surface area contributed by atoms with E-state index in [1.54, 1.807) is 18.2 Å². The summed E-state index contributed by atoms with van der Waals surface area (Å²) in [6.07, 6.45) is 0.957. The van der Waals surface area contributed by atoms with Crippen LogP contribution in [0.15, 0.2) is 42.5 Å². The molecule has 0 saturated carbocycles. The van der Waals surface area contributed by atoms with E-state index in [4.69, 9.17) is 0 Å². The molecule has 2 N–H and O–H groups in total. The van der Waals surface area contributed by atoms with E-state index in [1.165, 1.54) is 5.56 Å². The normalized spacial score (nSPS) is 10.2. The first-order valence-electron chi connectivity index (χ1n) is 6.30. The van der Waals surface area contributed by atoms with Crippen LogP contribution in [0.5, 0.6) is 5.75 Å². The molecule has 3 nitrogen and oxygen atoms in total. The monoisotopic (exact) mass is 255 g/mol.